The van der Waals surface area contributed by atoms with E-state index >= 15 is 0 Å². The molecule has 0 radical (unpaired) electrons. The van der Waals surface area contributed by atoms with Gasteiger partial charge in [-0.25, -0.2) is 9.97 Å². The summed E-state index contributed by atoms with van der Waals surface area (Å²) >= 11 is 0. The van der Waals surface area contributed by atoms with Crippen LogP contribution in [0.2, 0.25) is 0 Å². The van der Waals surface area contributed by atoms with Crippen LogP contribution in [-0.2, 0) is 5.41 Å². The third kappa shape index (κ3) is 6.34. The van der Waals surface area contributed by atoms with Crippen molar-refractivity contribution in [2.45, 2.75) is 19.3 Å². The topological polar surface area (TPSA) is 51.8 Å². The highest BCUT2D eigenvalue weighted by Gasteiger charge is 2.37. The van der Waals surface area contributed by atoms with Gasteiger partial charge in [0.1, 0.15) is 11.2 Å². The van der Waals surface area contributed by atoms with Crippen LogP contribution in [0.1, 0.15) is 25.0 Å². The molecule has 12 rings (SSSR count). The molecule has 1 aliphatic carbocycles. The van der Waals surface area contributed by atoms with E-state index in [-0.39, 0.29) is 5.41 Å². The standard InChI is InChI=1S/C60H41N3O/c1-60(2)51-21-11-9-20-49(51)58-52(60)29-28-47(57(58)43-18-13-31-61-37-43)39-23-25-40(26-24-39)53-36-54(63-59(62-53)41-16-7-4-8-17-41)46-33-44(38-14-5-3-6-15-38)32-45(34-46)42-27-30-56-50(35-42)48-19-10-12-22-55(48)64-56/h3-37H,1-2H3. The molecule has 0 aliphatic heterocycles. The van der Waals surface area contributed by atoms with E-state index in [1.807, 2.05) is 48.8 Å². The highest BCUT2D eigenvalue weighted by molar-refractivity contribution is 6.06. The molecule has 0 amide bonds. The number of nitrogens with zero attached hydrogens (tertiary/aromatic N) is 3. The van der Waals surface area contributed by atoms with Crippen LogP contribution in [0.4, 0.5) is 0 Å². The summed E-state index contributed by atoms with van der Waals surface area (Å²) in [5, 5.41) is 2.21. The fourth-order valence-electron chi connectivity index (χ4n) is 9.77. The summed E-state index contributed by atoms with van der Waals surface area (Å²) in [7, 11) is 0. The molecule has 0 bridgehead atoms. The van der Waals surface area contributed by atoms with Crippen molar-refractivity contribution < 1.29 is 4.42 Å². The molecule has 4 nitrogen and oxygen atoms in total. The van der Waals surface area contributed by atoms with E-state index in [4.69, 9.17) is 14.4 Å². The molecular weight excluding hydrogens is 779 g/mol. The van der Waals surface area contributed by atoms with E-state index in [0.29, 0.717) is 5.82 Å². The SMILES string of the molecule is CC1(C)c2ccccc2-c2c1ccc(-c1ccc(-c3cc(-c4cc(-c5ccccc5)cc(-c5ccc6oc7ccccc7c6c5)c4)nc(-c4ccccc4)n3)cc1)c2-c1cccnc1. The van der Waals surface area contributed by atoms with Gasteiger partial charge in [0.2, 0.25) is 0 Å². The van der Waals surface area contributed by atoms with E-state index in [1.54, 1.807) is 0 Å². The van der Waals surface area contributed by atoms with Gasteiger partial charge in [-0.15, -0.1) is 0 Å². The number of fused-ring (bicyclic) bond motifs is 6. The van der Waals surface area contributed by atoms with Gasteiger partial charge in [0, 0.05) is 50.8 Å². The largest absolute Gasteiger partial charge is 0.456 e. The highest BCUT2D eigenvalue weighted by atomic mass is 16.3. The molecule has 0 saturated heterocycles. The first kappa shape index (κ1) is 37.5. The molecule has 3 aromatic heterocycles. The minimum Gasteiger partial charge on any atom is -0.456 e. The van der Waals surface area contributed by atoms with Crippen LogP contribution in [0.25, 0.3) is 111 Å². The van der Waals surface area contributed by atoms with Crippen LogP contribution >= 0.6 is 0 Å². The number of aromatic nitrogens is 3. The zero-order valence-electron chi connectivity index (χ0n) is 35.5. The minimum atomic E-state index is -0.115. The molecule has 0 unspecified atom stereocenters. The van der Waals surface area contributed by atoms with Gasteiger partial charge >= 0.3 is 0 Å². The predicted molar refractivity (Wildman–Crippen MR) is 263 cm³/mol. The summed E-state index contributed by atoms with van der Waals surface area (Å²) in [5.41, 5.74) is 20.7. The van der Waals surface area contributed by atoms with E-state index in [9.17, 15) is 0 Å². The number of pyridine rings is 1. The fourth-order valence-corrected chi connectivity index (χ4v) is 9.77. The molecule has 1 aliphatic rings. The average molecular weight is 820 g/mol. The van der Waals surface area contributed by atoms with Crippen LogP contribution in [-0.4, -0.2) is 15.0 Å². The van der Waals surface area contributed by atoms with Crippen molar-refractivity contribution in [2.75, 3.05) is 0 Å². The van der Waals surface area contributed by atoms with Crippen molar-refractivity contribution in [1.82, 2.24) is 15.0 Å². The summed E-state index contributed by atoms with van der Waals surface area (Å²) in [4.78, 5) is 15.1. The summed E-state index contributed by atoms with van der Waals surface area (Å²) in [6.45, 7) is 4.67. The second-order valence-electron chi connectivity index (χ2n) is 17.2. The Morgan fingerprint density at radius 2 is 1.00 bits per heavy atom. The van der Waals surface area contributed by atoms with Crippen LogP contribution in [0, 0.1) is 0 Å². The smallest absolute Gasteiger partial charge is 0.160 e. The van der Waals surface area contributed by atoms with E-state index in [0.717, 1.165) is 83.4 Å². The van der Waals surface area contributed by atoms with E-state index in [1.165, 1.54) is 33.4 Å². The highest BCUT2D eigenvalue weighted by Crippen LogP contribution is 2.54. The number of hydrogen-bond donors (Lipinski definition) is 0. The van der Waals surface area contributed by atoms with Gasteiger partial charge < -0.3 is 4.42 Å². The third-order valence-electron chi connectivity index (χ3n) is 13.0. The monoisotopic (exact) mass is 819 g/mol. The number of hydrogen-bond acceptors (Lipinski definition) is 4. The Balaban J connectivity index is 1.01. The lowest BCUT2D eigenvalue weighted by atomic mass is 9.80. The third-order valence-corrected chi connectivity index (χ3v) is 13.0. The Morgan fingerprint density at radius 1 is 0.375 bits per heavy atom. The zero-order chi connectivity index (χ0) is 42.8. The summed E-state index contributed by atoms with van der Waals surface area (Å²) in [6, 6.07) is 71.0. The molecule has 4 heteroatoms. The Hall–Kier alpha value is -8.21. The molecule has 0 spiro atoms. The van der Waals surface area contributed by atoms with Gasteiger partial charge in [0.05, 0.1) is 11.4 Å². The molecule has 0 fully saturated rings. The molecule has 11 aromatic rings. The van der Waals surface area contributed by atoms with Crippen LogP contribution in [0.5, 0.6) is 0 Å². The van der Waals surface area contributed by atoms with Crippen molar-refractivity contribution >= 4 is 21.9 Å². The van der Waals surface area contributed by atoms with Gasteiger partial charge in [-0.05, 0) is 110 Å². The maximum atomic E-state index is 6.22. The fraction of sp³-hybridized carbons (Fsp3) is 0.0500. The van der Waals surface area contributed by atoms with Crippen molar-refractivity contribution in [3.8, 4) is 89.5 Å². The molecule has 64 heavy (non-hydrogen) atoms. The lowest BCUT2D eigenvalue weighted by Gasteiger charge is -2.23. The van der Waals surface area contributed by atoms with Crippen molar-refractivity contribution in [1.29, 1.82) is 0 Å². The molecule has 0 atom stereocenters. The van der Waals surface area contributed by atoms with Gasteiger partial charge in [0.25, 0.3) is 0 Å². The first-order valence-corrected chi connectivity index (χ1v) is 21.8. The van der Waals surface area contributed by atoms with Crippen LogP contribution in [0.15, 0.2) is 217 Å². The molecule has 0 N–H and O–H groups in total. The molecule has 0 saturated carbocycles. The van der Waals surface area contributed by atoms with Gasteiger partial charge in [0.15, 0.2) is 5.82 Å². The van der Waals surface area contributed by atoms with E-state index < -0.39 is 0 Å². The van der Waals surface area contributed by atoms with Gasteiger partial charge in [-0.2, -0.15) is 0 Å². The second-order valence-corrected chi connectivity index (χ2v) is 17.2. The maximum absolute atomic E-state index is 6.22. The molecule has 8 aromatic carbocycles. The van der Waals surface area contributed by atoms with Gasteiger partial charge in [-0.1, -0.05) is 166 Å². The summed E-state index contributed by atoms with van der Waals surface area (Å²) in [5.74, 6) is 0.675. The Labute approximate surface area is 372 Å². The normalized spacial score (nSPS) is 12.7. The first-order valence-electron chi connectivity index (χ1n) is 21.8. The van der Waals surface area contributed by atoms with Crippen molar-refractivity contribution in [2.24, 2.45) is 0 Å². The minimum absolute atomic E-state index is 0.115. The average Bonchev–Trinajstić information content (AvgIpc) is 3.85. The van der Waals surface area contributed by atoms with Crippen molar-refractivity contribution in [3.05, 3.63) is 224 Å². The van der Waals surface area contributed by atoms with E-state index in [2.05, 4.69) is 183 Å². The molecule has 302 valence electrons. The number of para-hydroxylation sites is 1. The quantitative estimate of drug-likeness (QED) is 0.161. The summed E-state index contributed by atoms with van der Waals surface area (Å²) in [6.07, 6.45) is 3.84. The Morgan fingerprint density at radius 3 is 1.78 bits per heavy atom. The number of benzene rings is 8. The molecular formula is C60H41N3O. The summed E-state index contributed by atoms with van der Waals surface area (Å²) < 4.78 is 6.22. The maximum Gasteiger partial charge on any atom is 0.160 e. The Bertz CT molecular complexity index is 3560. The lowest BCUT2D eigenvalue weighted by Crippen LogP contribution is -2.14. The Kier molecular flexibility index (Phi) is 8.80. The van der Waals surface area contributed by atoms with Crippen LogP contribution in [0.3, 0.4) is 0 Å². The lowest BCUT2D eigenvalue weighted by molar-refractivity contribution is 0.660. The van der Waals surface area contributed by atoms with Crippen LogP contribution < -0.4 is 0 Å². The first-order chi connectivity index (χ1) is 31.5. The number of furan rings is 1. The zero-order valence-corrected chi connectivity index (χ0v) is 35.5. The van der Waals surface area contributed by atoms with Gasteiger partial charge in [-0.3, -0.25) is 4.98 Å². The predicted octanol–water partition coefficient (Wildman–Crippen LogP) is 15.7. The van der Waals surface area contributed by atoms with Crippen molar-refractivity contribution in [3.63, 3.8) is 0 Å². The molecule has 3 heterocycles. The number of rotatable bonds is 7. The second kappa shape index (κ2) is 15.0.